The SMILES string of the molecule is COc1ccccc1C(=O)NN=C(C)c1ccc(C(C)C)cc1. The zero-order valence-electron chi connectivity index (χ0n) is 14.0. The van der Waals surface area contributed by atoms with Gasteiger partial charge in [-0.15, -0.1) is 0 Å². The third kappa shape index (κ3) is 4.19. The highest BCUT2D eigenvalue weighted by atomic mass is 16.5. The van der Waals surface area contributed by atoms with Crippen LogP contribution in [0.15, 0.2) is 53.6 Å². The molecule has 2 rings (SSSR count). The summed E-state index contributed by atoms with van der Waals surface area (Å²) in [7, 11) is 1.54. The Morgan fingerprint density at radius 3 is 2.35 bits per heavy atom. The molecular formula is C19H22N2O2. The van der Waals surface area contributed by atoms with Crippen molar-refractivity contribution < 1.29 is 9.53 Å². The highest BCUT2D eigenvalue weighted by molar-refractivity contribution is 6.01. The van der Waals surface area contributed by atoms with Crippen LogP contribution in [0.25, 0.3) is 0 Å². The topological polar surface area (TPSA) is 50.7 Å². The number of benzene rings is 2. The van der Waals surface area contributed by atoms with E-state index in [0.717, 1.165) is 11.3 Å². The van der Waals surface area contributed by atoms with Crippen molar-refractivity contribution in [2.75, 3.05) is 7.11 Å². The molecule has 0 fully saturated rings. The number of ether oxygens (including phenoxy) is 1. The number of nitrogens with one attached hydrogen (secondary N) is 1. The second kappa shape index (κ2) is 7.58. The first kappa shape index (κ1) is 16.7. The second-order valence-corrected chi connectivity index (χ2v) is 5.62. The fourth-order valence-corrected chi connectivity index (χ4v) is 2.20. The Bertz CT molecular complexity index is 704. The molecular weight excluding hydrogens is 288 g/mol. The zero-order valence-corrected chi connectivity index (χ0v) is 14.0. The van der Waals surface area contributed by atoms with Gasteiger partial charge in [-0.2, -0.15) is 5.10 Å². The van der Waals surface area contributed by atoms with Gasteiger partial charge in [0.15, 0.2) is 0 Å². The van der Waals surface area contributed by atoms with E-state index in [-0.39, 0.29) is 5.91 Å². The van der Waals surface area contributed by atoms with Gasteiger partial charge in [0.25, 0.3) is 5.91 Å². The highest BCUT2D eigenvalue weighted by Crippen LogP contribution is 2.17. The van der Waals surface area contributed by atoms with Crippen molar-refractivity contribution >= 4 is 11.6 Å². The fourth-order valence-electron chi connectivity index (χ4n) is 2.20. The fraction of sp³-hybridized carbons (Fsp3) is 0.263. The first-order valence-electron chi connectivity index (χ1n) is 7.61. The normalized spacial score (nSPS) is 11.4. The van der Waals surface area contributed by atoms with Gasteiger partial charge in [-0.3, -0.25) is 4.79 Å². The van der Waals surface area contributed by atoms with Gasteiger partial charge in [0.2, 0.25) is 0 Å². The first-order valence-corrected chi connectivity index (χ1v) is 7.61. The van der Waals surface area contributed by atoms with E-state index >= 15 is 0 Å². The van der Waals surface area contributed by atoms with E-state index in [1.165, 1.54) is 12.7 Å². The Morgan fingerprint density at radius 1 is 1.09 bits per heavy atom. The van der Waals surface area contributed by atoms with Gasteiger partial charge in [-0.25, -0.2) is 5.43 Å². The summed E-state index contributed by atoms with van der Waals surface area (Å²) in [6.07, 6.45) is 0. The molecule has 0 aliphatic carbocycles. The molecule has 1 N–H and O–H groups in total. The minimum atomic E-state index is -0.291. The Hall–Kier alpha value is -2.62. The molecule has 0 aliphatic heterocycles. The molecule has 0 atom stereocenters. The lowest BCUT2D eigenvalue weighted by Crippen LogP contribution is -2.20. The van der Waals surface area contributed by atoms with Crippen LogP contribution >= 0.6 is 0 Å². The van der Waals surface area contributed by atoms with E-state index < -0.39 is 0 Å². The van der Waals surface area contributed by atoms with Gasteiger partial charge >= 0.3 is 0 Å². The Morgan fingerprint density at radius 2 is 1.74 bits per heavy atom. The van der Waals surface area contributed by atoms with Gasteiger partial charge in [0.1, 0.15) is 5.75 Å². The molecule has 23 heavy (non-hydrogen) atoms. The molecule has 1 amide bonds. The predicted molar refractivity (Wildman–Crippen MR) is 93.2 cm³/mol. The van der Waals surface area contributed by atoms with Crippen LogP contribution in [0, 0.1) is 0 Å². The highest BCUT2D eigenvalue weighted by Gasteiger charge is 2.10. The number of carbonyl (C=O) groups excluding carboxylic acids is 1. The van der Waals surface area contributed by atoms with Gasteiger partial charge in [-0.05, 0) is 36.1 Å². The molecule has 0 aliphatic rings. The number of para-hydroxylation sites is 1. The van der Waals surface area contributed by atoms with Crippen LogP contribution in [-0.4, -0.2) is 18.7 Å². The van der Waals surface area contributed by atoms with Crippen molar-refractivity contribution in [3.05, 3.63) is 65.2 Å². The van der Waals surface area contributed by atoms with E-state index in [1.54, 1.807) is 18.2 Å². The lowest BCUT2D eigenvalue weighted by molar-refractivity contribution is 0.0952. The molecule has 0 heterocycles. The third-order valence-electron chi connectivity index (χ3n) is 3.67. The van der Waals surface area contributed by atoms with Crippen molar-refractivity contribution in [2.45, 2.75) is 26.7 Å². The molecule has 0 saturated heterocycles. The zero-order chi connectivity index (χ0) is 16.8. The van der Waals surface area contributed by atoms with E-state index in [2.05, 4.69) is 36.5 Å². The van der Waals surface area contributed by atoms with Crippen molar-refractivity contribution in [3.63, 3.8) is 0 Å². The molecule has 0 aromatic heterocycles. The summed E-state index contributed by atoms with van der Waals surface area (Å²) >= 11 is 0. The quantitative estimate of drug-likeness (QED) is 0.671. The van der Waals surface area contributed by atoms with Gasteiger partial charge < -0.3 is 4.74 Å². The maximum atomic E-state index is 12.2. The van der Waals surface area contributed by atoms with Crippen molar-refractivity contribution in [1.82, 2.24) is 5.43 Å². The number of rotatable bonds is 5. The first-order chi connectivity index (χ1) is 11.0. The van der Waals surface area contributed by atoms with Gasteiger partial charge in [-0.1, -0.05) is 50.2 Å². The Labute approximate surface area is 137 Å². The van der Waals surface area contributed by atoms with E-state index in [4.69, 9.17) is 4.74 Å². The van der Waals surface area contributed by atoms with Crippen LogP contribution in [0.1, 0.15) is 48.2 Å². The van der Waals surface area contributed by atoms with Crippen LogP contribution in [0.4, 0.5) is 0 Å². The molecule has 0 radical (unpaired) electrons. The number of amides is 1. The summed E-state index contributed by atoms with van der Waals surface area (Å²) in [5, 5.41) is 4.18. The number of hydrazone groups is 1. The van der Waals surface area contributed by atoms with Gasteiger partial charge in [0, 0.05) is 0 Å². The van der Waals surface area contributed by atoms with Crippen LogP contribution in [0.2, 0.25) is 0 Å². The number of nitrogens with zero attached hydrogens (tertiary/aromatic N) is 1. The lowest BCUT2D eigenvalue weighted by atomic mass is 10.0. The average molecular weight is 310 g/mol. The molecule has 4 nitrogen and oxygen atoms in total. The molecule has 4 heteroatoms. The maximum absolute atomic E-state index is 12.2. The Balaban J connectivity index is 2.11. The van der Waals surface area contributed by atoms with E-state index in [0.29, 0.717) is 17.2 Å². The maximum Gasteiger partial charge on any atom is 0.275 e. The summed E-state index contributed by atoms with van der Waals surface area (Å²) in [4.78, 5) is 12.2. The van der Waals surface area contributed by atoms with Crippen LogP contribution in [-0.2, 0) is 0 Å². The number of carbonyl (C=O) groups is 1. The van der Waals surface area contributed by atoms with Crippen LogP contribution in [0.5, 0.6) is 5.75 Å². The molecule has 0 spiro atoms. The summed E-state index contributed by atoms with van der Waals surface area (Å²) in [6.45, 7) is 6.18. The molecule has 2 aromatic rings. The average Bonchev–Trinajstić information content (AvgIpc) is 2.59. The summed E-state index contributed by atoms with van der Waals surface area (Å²) < 4.78 is 5.18. The van der Waals surface area contributed by atoms with Crippen molar-refractivity contribution in [3.8, 4) is 5.75 Å². The molecule has 120 valence electrons. The van der Waals surface area contributed by atoms with Crippen LogP contribution in [0.3, 0.4) is 0 Å². The van der Waals surface area contributed by atoms with Crippen LogP contribution < -0.4 is 10.2 Å². The van der Waals surface area contributed by atoms with E-state index in [9.17, 15) is 4.79 Å². The lowest BCUT2D eigenvalue weighted by Gasteiger charge is -2.08. The Kier molecular flexibility index (Phi) is 5.52. The summed E-state index contributed by atoms with van der Waals surface area (Å²) in [6, 6.07) is 15.3. The monoisotopic (exact) mass is 310 g/mol. The smallest absolute Gasteiger partial charge is 0.275 e. The van der Waals surface area contributed by atoms with Crippen molar-refractivity contribution in [2.24, 2.45) is 5.10 Å². The number of methoxy groups -OCH3 is 1. The number of hydrogen-bond donors (Lipinski definition) is 1. The predicted octanol–water partition coefficient (Wildman–Crippen LogP) is 3.97. The molecule has 0 unspecified atom stereocenters. The number of hydrogen-bond acceptors (Lipinski definition) is 3. The van der Waals surface area contributed by atoms with Crippen molar-refractivity contribution in [1.29, 1.82) is 0 Å². The third-order valence-corrected chi connectivity index (χ3v) is 3.67. The largest absolute Gasteiger partial charge is 0.496 e. The minimum absolute atomic E-state index is 0.291. The second-order valence-electron chi connectivity index (χ2n) is 5.62. The van der Waals surface area contributed by atoms with E-state index in [1.807, 2.05) is 25.1 Å². The summed E-state index contributed by atoms with van der Waals surface area (Å²) in [5.41, 5.74) is 6.05. The molecule has 0 bridgehead atoms. The summed E-state index contributed by atoms with van der Waals surface area (Å²) in [5.74, 6) is 0.728. The standard InChI is InChI=1S/C19H22N2O2/c1-13(2)15-9-11-16(12-10-15)14(3)20-21-19(22)17-7-5-6-8-18(17)23-4/h5-13H,1-4H3,(H,21,22). The van der Waals surface area contributed by atoms with Gasteiger partial charge in [0.05, 0.1) is 18.4 Å². The molecule has 0 saturated carbocycles. The molecule has 2 aromatic carbocycles. The minimum Gasteiger partial charge on any atom is -0.496 e.